The average molecular weight is 360 g/mol. The molecule has 0 aliphatic carbocycles. The van der Waals surface area contributed by atoms with E-state index in [1.165, 1.54) is 6.07 Å². The lowest BCUT2D eigenvalue weighted by molar-refractivity contribution is 0.0684. The summed E-state index contributed by atoms with van der Waals surface area (Å²) in [6.07, 6.45) is 1.79. The molecule has 0 fully saturated rings. The summed E-state index contributed by atoms with van der Waals surface area (Å²) in [5, 5.41) is 0. The Morgan fingerprint density at radius 3 is 2.86 bits per heavy atom. The number of fused-ring (bicyclic) bond motifs is 1. The SMILES string of the molecule is COCCOCCCCn1c(N)nc2cc(Br)c(F)cc21. The van der Waals surface area contributed by atoms with E-state index in [9.17, 15) is 4.39 Å². The van der Waals surface area contributed by atoms with Crippen molar-refractivity contribution < 1.29 is 13.9 Å². The minimum Gasteiger partial charge on any atom is -0.382 e. The van der Waals surface area contributed by atoms with E-state index in [1.807, 2.05) is 4.57 Å². The van der Waals surface area contributed by atoms with Crippen LogP contribution in [-0.4, -0.2) is 36.5 Å². The first-order valence-electron chi connectivity index (χ1n) is 6.81. The highest BCUT2D eigenvalue weighted by Gasteiger charge is 2.11. The molecule has 1 heterocycles. The van der Waals surface area contributed by atoms with Gasteiger partial charge < -0.3 is 19.8 Å². The number of unbranched alkanes of at least 4 members (excludes halogenated alkanes) is 1. The van der Waals surface area contributed by atoms with Crippen LogP contribution in [0, 0.1) is 5.82 Å². The fourth-order valence-electron chi connectivity index (χ4n) is 2.09. The molecule has 0 unspecified atom stereocenters. The number of hydrogen-bond acceptors (Lipinski definition) is 4. The fourth-order valence-corrected chi connectivity index (χ4v) is 2.42. The molecule has 2 N–H and O–H groups in total. The first kappa shape index (κ1) is 16.2. The minimum absolute atomic E-state index is 0.313. The van der Waals surface area contributed by atoms with Gasteiger partial charge in [0.05, 0.1) is 28.7 Å². The van der Waals surface area contributed by atoms with Crippen molar-refractivity contribution in [3.05, 3.63) is 22.4 Å². The van der Waals surface area contributed by atoms with Crippen molar-refractivity contribution in [1.82, 2.24) is 9.55 Å². The Kier molecular flexibility index (Phi) is 5.96. The summed E-state index contributed by atoms with van der Waals surface area (Å²) in [7, 11) is 1.65. The summed E-state index contributed by atoms with van der Waals surface area (Å²) in [5.74, 6) is 0.0920. The molecule has 0 spiro atoms. The minimum atomic E-state index is -0.313. The maximum Gasteiger partial charge on any atom is 0.201 e. The second-order valence-electron chi connectivity index (χ2n) is 4.69. The lowest BCUT2D eigenvalue weighted by Crippen LogP contribution is -2.06. The zero-order valence-electron chi connectivity index (χ0n) is 11.9. The van der Waals surface area contributed by atoms with E-state index < -0.39 is 0 Å². The van der Waals surface area contributed by atoms with Crippen LogP contribution in [0.4, 0.5) is 10.3 Å². The van der Waals surface area contributed by atoms with Gasteiger partial charge in [-0.2, -0.15) is 0 Å². The van der Waals surface area contributed by atoms with Crippen molar-refractivity contribution in [2.75, 3.05) is 32.7 Å². The molecule has 1 aromatic carbocycles. The Balaban J connectivity index is 1.93. The maximum absolute atomic E-state index is 13.6. The predicted octanol–water partition coefficient (Wildman–Crippen LogP) is 2.96. The number of aromatic nitrogens is 2. The van der Waals surface area contributed by atoms with Crippen LogP contribution in [0.2, 0.25) is 0 Å². The number of nitrogens with two attached hydrogens (primary N) is 1. The van der Waals surface area contributed by atoms with Crippen LogP contribution in [0.25, 0.3) is 11.0 Å². The average Bonchev–Trinajstić information content (AvgIpc) is 2.74. The van der Waals surface area contributed by atoms with Crippen molar-refractivity contribution in [3.63, 3.8) is 0 Å². The number of benzene rings is 1. The van der Waals surface area contributed by atoms with Gasteiger partial charge in [0.1, 0.15) is 5.82 Å². The number of nitrogen functional groups attached to an aromatic ring is 1. The molecule has 0 saturated heterocycles. The quantitative estimate of drug-likeness (QED) is 0.736. The lowest BCUT2D eigenvalue weighted by atomic mass is 10.3. The molecule has 21 heavy (non-hydrogen) atoms. The molecule has 5 nitrogen and oxygen atoms in total. The van der Waals surface area contributed by atoms with Gasteiger partial charge in [-0.15, -0.1) is 0 Å². The van der Waals surface area contributed by atoms with Crippen LogP contribution in [-0.2, 0) is 16.0 Å². The monoisotopic (exact) mass is 359 g/mol. The van der Waals surface area contributed by atoms with Gasteiger partial charge in [0, 0.05) is 26.3 Å². The van der Waals surface area contributed by atoms with Crippen molar-refractivity contribution in [3.8, 4) is 0 Å². The second kappa shape index (κ2) is 7.72. The third kappa shape index (κ3) is 4.15. The molecule has 0 aliphatic heterocycles. The van der Waals surface area contributed by atoms with Crippen molar-refractivity contribution in [1.29, 1.82) is 0 Å². The van der Waals surface area contributed by atoms with Gasteiger partial charge in [-0.1, -0.05) is 0 Å². The Morgan fingerprint density at radius 1 is 1.29 bits per heavy atom. The predicted molar refractivity (Wildman–Crippen MR) is 83.7 cm³/mol. The largest absolute Gasteiger partial charge is 0.382 e. The van der Waals surface area contributed by atoms with Gasteiger partial charge in [0.25, 0.3) is 0 Å². The number of nitrogens with zero attached hydrogens (tertiary/aromatic N) is 2. The zero-order chi connectivity index (χ0) is 15.2. The Bertz CT molecular complexity index is 603. The van der Waals surface area contributed by atoms with Crippen LogP contribution < -0.4 is 5.73 Å². The molecule has 116 valence electrons. The summed E-state index contributed by atoms with van der Waals surface area (Å²) < 4.78 is 26.2. The third-order valence-electron chi connectivity index (χ3n) is 3.17. The molecular weight excluding hydrogens is 341 g/mol. The summed E-state index contributed by atoms with van der Waals surface area (Å²) in [4.78, 5) is 4.25. The summed E-state index contributed by atoms with van der Waals surface area (Å²) in [5.41, 5.74) is 7.31. The summed E-state index contributed by atoms with van der Waals surface area (Å²) in [6.45, 7) is 2.58. The highest BCUT2D eigenvalue weighted by atomic mass is 79.9. The van der Waals surface area contributed by atoms with E-state index in [4.69, 9.17) is 15.2 Å². The highest BCUT2D eigenvalue weighted by Crippen LogP contribution is 2.25. The van der Waals surface area contributed by atoms with Gasteiger partial charge >= 0.3 is 0 Å². The van der Waals surface area contributed by atoms with Gasteiger partial charge in [-0.25, -0.2) is 9.37 Å². The molecule has 0 amide bonds. The van der Waals surface area contributed by atoms with Crippen molar-refractivity contribution in [2.24, 2.45) is 0 Å². The maximum atomic E-state index is 13.6. The molecule has 2 rings (SSSR count). The van der Waals surface area contributed by atoms with E-state index in [0.717, 1.165) is 12.8 Å². The van der Waals surface area contributed by atoms with Crippen LogP contribution in [0.5, 0.6) is 0 Å². The van der Waals surface area contributed by atoms with E-state index in [2.05, 4.69) is 20.9 Å². The fraction of sp³-hybridized carbons (Fsp3) is 0.500. The van der Waals surface area contributed by atoms with E-state index in [-0.39, 0.29) is 5.82 Å². The number of imidazole rings is 1. The third-order valence-corrected chi connectivity index (χ3v) is 3.78. The molecule has 0 atom stereocenters. The number of aryl methyl sites for hydroxylation is 1. The number of rotatable bonds is 8. The van der Waals surface area contributed by atoms with Gasteiger partial charge in [0.15, 0.2) is 0 Å². The molecule has 1 aromatic heterocycles. The van der Waals surface area contributed by atoms with Crippen LogP contribution in [0.1, 0.15) is 12.8 Å². The first-order valence-corrected chi connectivity index (χ1v) is 7.60. The number of methoxy groups -OCH3 is 1. The second-order valence-corrected chi connectivity index (χ2v) is 5.54. The molecular formula is C14H19BrFN3O2. The van der Waals surface area contributed by atoms with E-state index in [1.54, 1.807) is 13.2 Å². The van der Waals surface area contributed by atoms with E-state index >= 15 is 0 Å². The normalized spacial score (nSPS) is 11.4. The standard InChI is InChI=1S/C14H19BrFN3O2/c1-20-6-7-21-5-3-2-4-19-13-9-11(16)10(15)8-12(13)18-14(19)17/h8-9H,2-7H2,1H3,(H2,17,18). The van der Waals surface area contributed by atoms with E-state index in [0.29, 0.717) is 47.8 Å². The summed E-state index contributed by atoms with van der Waals surface area (Å²) in [6, 6.07) is 3.10. The van der Waals surface area contributed by atoms with Gasteiger partial charge in [-0.05, 0) is 34.8 Å². The summed E-state index contributed by atoms with van der Waals surface area (Å²) >= 11 is 3.15. The molecule has 7 heteroatoms. The Hall–Kier alpha value is -1.18. The number of anilines is 1. The van der Waals surface area contributed by atoms with Crippen molar-refractivity contribution in [2.45, 2.75) is 19.4 Å². The molecule has 0 aliphatic rings. The number of hydrogen-bond donors (Lipinski definition) is 1. The number of ether oxygens (including phenoxy) is 2. The topological polar surface area (TPSA) is 62.3 Å². The first-order chi connectivity index (χ1) is 10.1. The van der Waals surface area contributed by atoms with Gasteiger partial charge in [-0.3, -0.25) is 0 Å². The van der Waals surface area contributed by atoms with Crippen molar-refractivity contribution >= 4 is 32.9 Å². The van der Waals surface area contributed by atoms with Crippen LogP contribution in [0.15, 0.2) is 16.6 Å². The molecule has 0 bridgehead atoms. The zero-order valence-corrected chi connectivity index (χ0v) is 13.5. The highest BCUT2D eigenvalue weighted by molar-refractivity contribution is 9.10. The molecule has 2 aromatic rings. The smallest absolute Gasteiger partial charge is 0.201 e. The van der Waals surface area contributed by atoms with Gasteiger partial charge in [0.2, 0.25) is 5.95 Å². The Labute approximate surface area is 131 Å². The lowest BCUT2D eigenvalue weighted by Gasteiger charge is -2.07. The van der Waals surface area contributed by atoms with Crippen LogP contribution in [0.3, 0.4) is 0 Å². The Morgan fingerprint density at radius 2 is 2.10 bits per heavy atom. The van der Waals surface area contributed by atoms with Crippen LogP contribution >= 0.6 is 15.9 Å². The molecule has 0 saturated carbocycles. The molecule has 0 radical (unpaired) electrons. The number of halogens is 2.